The number of hydrogen-bond acceptors (Lipinski definition) is 1. The second-order valence-corrected chi connectivity index (χ2v) is 2.86. The van der Waals surface area contributed by atoms with Gasteiger partial charge in [0.25, 0.3) is 0 Å². The first-order valence-electron chi connectivity index (χ1n) is 4.16. The van der Waals surface area contributed by atoms with Gasteiger partial charge in [0.05, 0.1) is 6.54 Å². The maximum atomic E-state index is 12.5. The summed E-state index contributed by atoms with van der Waals surface area (Å²) in [6.07, 6.45) is 5.11. The Morgan fingerprint density at radius 1 is 1.46 bits per heavy atom. The van der Waals surface area contributed by atoms with Crippen LogP contribution in [-0.2, 0) is 0 Å². The minimum absolute atomic E-state index is 0.164. The van der Waals surface area contributed by atoms with Crippen LogP contribution < -0.4 is 5.32 Å². The highest BCUT2D eigenvalue weighted by atomic mass is 19.1. The summed E-state index contributed by atoms with van der Waals surface area (Å²) >= 11 is 0. The Kier molecular flexibility index (Phi) is 3.48. The van der Waals surface area contributed by atoms with Gasteiger partial charge in [0.2, 0.25) is 0 Å². The van der Waals surface area contributed by atoms with Crippen LogP contribution in [0.5, 0.6) is 0 Å². The number of halogens is 1. The molecule has 13 heavy (non-hydrogen) atoms. The van der Waals surface area contributed by atoms with Crippen molar-refractivity contribution in [1.29, 1.82) is 0 Å². The van der Waals surface area contributed by atoms with Gasteiger partial charge in [0.1, 0.15) is 5.82 Å². The molecule has 0 aliphatic rings. The number of rotatable bonds is 3. The lowest BCUT2D eigenvalue weighted by molar-refractivity contribution is 0.609. The van der Waals surface area contributed by atoms with E-state index in [1.54, 1.807) is 12.1 Å². The maximum Gasteiger partial charge on any atom is 0.123 e. The molecular formula is C11H12FN. The molecule has 1 atom stereocenters. The molecule has 68 valence electrons. The summed E-state index contributed by atoms with van der Waals surface area (Å²) < 4.78 is 12.5. The molecule has 0 unspecified atom stereocenters. The number of hydrogen-bond donors (Lipinski definition) is 1. The van der Waals surface area contributed by atoms with E-state index in [2.05, 4.69) is 11.2 Å². The summed E-state index contributed by atoms with van der Waals surface area (Å²) in [5, 5.41) is 3.11. The third-order valence-corrected chi connectivity index (χ3v) is 1.88. The Hall–Kier alpha value is -1.33. The van der Waals surface area contributed by atoms with Crippen LogP contribution in [0.2, 0.25) is 0 Å². The van der Waals surface area contributed by atoms with Crippen LogP contribution in [0, 0.1) is 18.2 Å². The molecule has 0 aliphatic heterocycles. The molecule has 1 nitrogen and oxygen atoms in total. The van der Waals surface area contributed by atoms with Gasteiger partial charge in [0.15, 0.2) is 0 Å². The summed E-state index contributed by atoms with van der Waals surface area (Å²) in [6.45, 7) is 2.52. The zero-order chi connectivity index (χ0) is 9.68. The van der Waals surface area contributed by atoms with Gasteiger partial charge >= 0.3 is 0 Å². The van der Waals surface area contributed by atoms with Gasteiger partial charge < -0.3 is 0 Å². The highest BCUT2D eigenvalue weighted by molar-refractivity contribution is 5.19. The van der Waals surface area contributed by atoms with E-state index in [-0.39, 0.29) is 11.9 Å². The van der Waals surface area contributed by atoms with Crippen LogP contribution in [0.15, 0.2) is 24.3 Å². The van der Waals surface area contributed by atoms with E-state index < -0.39 is 0 Å². The van der Waals surface area contributed by atoms with E-state index in [1.807, 2.05) is 6.92 Å². The lowest BCUT2D eigenvalue weighted by Gasteiger charge is -2.11. The summed E-state index contributed by atoms with van der Waals surface area (Å²) in [5.74, 6) is 2.28. The molecule has 2 heteroatoms. The van der Waals surface area contributed by atoms with E-state index in [0.717, 1.165) is 5.56 Å². The van der Waals surface area contributed by atoms with Crippen molar-refractivity contribution in [2.75, 3.05) is 6.54 Å². The fourth-order valence-corrected chi connectivity index (χ4v) is 1.08. The van der Waals surface area contributed by atoms with Gasteiger partial charge in [-0.3, -0.25) is 5.32 Å². The van der Waals surface area contributed by atoms with Crippen LogP contribution >= 0.6 is 0 Å². The van der Waals surface area contributed by atoms with Gasteiger partial charge in [-0.25, -0.2) is 4.39 Å². The number of benzene rings is 1. The predicted molar refractivity (Wildman–Crippen MR) is 51.7 cm³/mol. The Bertz CT molecular complexity index is 297. The lowest BCUT2D eigenvalue weighted by Crippen LogP contribution is -2.18. The molecule has 0 spiro atoms. The van der Waals surface area contributed by atoms with Gasteiger partial charge in [-0.15, -0.1) is 6.42 Å². The SMILES string of the molecule is C#CCN[C@H](C)c1ccc(F)cc1. The molecule has 0 amide bonds. The fourth-order valence-electron chi connectivity index (χ4n) is 1.08. The molecule has 1 aromatic carbocycles. The molecule has 1 aromatic rings. The van der Waals surface area contributed by atoms with Crippen molar-refractivity contribution in [3.05, 3.63) is 35.6 Å². The quantitative estimate of drug-likeness (QED) is 0.697. The predicted octanol–water partition coefficient (Wildman–Crippen LogP) is 2.11. The summed E-state index contributed by atoms with van der Waals surface area (Å²) in [4.78, 5) is 0. The Morgan fingerprint density at radius 2 is 2.08 bits per heavy atom. The first-order valence-corrected chi connectivity index (χ1v) is 4.16. The molecule has 0 saturated heterocycles. The van der Waals surface area contributed by atoms with Crippen LogP contribution in [0.1, 0.15) is 18.5 Å². The third-order valence-electron chi connectivity index (χ3n) is 1.88. The lowest BCUT2D eigenvalue weighted by atomic mass is 10.1. The van der Waals surface area contributed by atoms with Gasteiger partial charge in [-0.05, 0) is 24.6 Å². The molecule has 0 aromatic heterocycles. The molecule has 0 bridgehead atoms. The van der Waals surface area contributed by atoms with Crippen molar-refractivity contribution in [3.63, 3.8) is 0 Å². The summed E-state index contributed by atoms with van der Waals surface area (Å²) in [6, 6.07) is 6.57. The molecule has 0 aliphatic carbocycles. The van der Waals surface area contributed by atoms with Gasteiger partial charge in [-0.2, -0.15) is 0 Å². The van der Waals surface area contributed by atoms with Crippen molar-refractivity contribution >= 4 is 0 Å². The highest BCUT2D eigenvalue weighted by Gasteiger charge is 2.02. The van der Waals surface area contributed by atoms with Crippen LogP contribution in [0.3, 0.4) is 0 Å². The minimum Gasteiger partial charge on any atom is -0.300 e. The average Bonchev–Trinajstić information content (AvgIpc) is 2.15. The van der Waals surface area contributed by atoms with E-state index in [1.165, 1.54) is 12.1 Å². The Labute approximate surface area is 78.0 Å². The highest BCUT2D eigenvalue weighted by Crippen LogP contribution is 2.11. The smallest absolute Gasteiger partial charge is 0.123 e. The molecule has 1 N–H and O–H groups in total. The van der Waals surface area contributed by atoms with Crippen molar-refractivity contribution < 1.29 is 4.39 Å². The molecular weight excluding hydrogens is 165 g/mol. The van der Waals surface area contributed by atoms with Gasteiger partial charge in [-0.1, -0.05) is 18.1 Å². The van der Waals surface area contributed by atoms with Crippen LogP contribution in [-0.4, -0.2) is 6.54 Å². The van der Waals surface area contributed by atoms with Crippen molar-refractivity contribution in [1.82, 2.24) is 5.32 Å². The van der Waals surface area contributed by atoms with Crippen molar-refractivity contribution in [3.8, 4) is 12.3 Å². The van der Waals surface area contributed by atoms with E-state index in [0.29, 0.717) is 6.54 Å². The van der Waals surface area contributed by atoms with E-state index >= 15 is 0 Å². The first-order chi connectivity index (χ1) is 6.24. The standard InChI is InChI=1S/C11H12FN/c1-3-8-13-9(2)10-4-6-11(12)7-5-10/h1,4-7,9,13H,8H2,2H3/t9-/m1/s1. The molecule has 0 heterocycles. The number of terminal acetylenes is 1. The van der Waals surface area contributed by atoms with Crippen LogP contribution in [0.25, 0.3) is 0 Å². The minimum atomic E-state index is -0.215. The monoisotopic (exact) mass is 177 g/mol. The van der Waals surface area contributed by atoms with Crippen molar-refractivity contribution in [2.45, 2.75) is 13.0 Å². The zero-order valence-corrected chi connectivity index (χ0v) is 7.55. The maximum absolute atomic E-state index is 12.5. The zero-order valence-electron chi connectivity index (χ0n) is 7.55. The summed E-state index contributed by atoms with van der Waals surface area (Å²) in [5.41, 5.74) is 1.04. The molecule has 1 rings (SSSR count). The molecule has 0 fully saturated rings. The Morgan fingerprint density at radius 3 is 2.62 bits per heavy atom. The largest absolute Gasteiger partial charge is 0.300 e. The van der Waals surface area contributed by atoms with Crippen molar-refractivity contribution in [2.24, 2.45) is 0 Å². The summed E-state index contributed by atoms with van der Waals surface area (Å²) in [7, 11) is 0. The first kappa shape index (κ1) is 9.76. The van der Waals surface area contributed by atoms with Crippen LogP contribution in [0.4, 0.5) is 4.39 Å². The Balaban J connectivity index is 2.62. The fraction of sp³-hybridized carbons (Fsp3) is 0.273. The van der Waals surface area contributed by atoms with E-state index in [4.69, 9.17) is 6.42 Å². The third kappa shape index (κ3) is 2.89. The number of nitrogens with one attached hydrogen (secondary N) is 1. The molecule has 0 saturated carbocycles. The van der Waals surface area contributed by atoms with Gasteiger partial charge in [0, 0.05) is 6.04 Å². The normalized spacial score (nSPS) is 12.1. The molecule has 0 radical (unpaired) electrons. The topological polar surface area (TPSA) is 12.0 Å². The average molecular weight is 177 g/mol. The second-order valence-electron chi connectivity index (χ2n) is 2.86. The van der Waals surface area contributed by atoms with E-state index in [9.17, 15) is 4.39 Å². The second kappa shape index (κ2) is 4.64.